The van der Waals surface area contributed by atoms with E-state index in [0.717, 1.165) is 5.39 Å². The lowest BCUT2D eigenvalue weighted by Gasteiger charge is -2.34. The number of alkyl halides is 3. The molecule has 0 aliphatic carbocycles. The first kappa shape index (κ1) is 19.9. The molecule has 1 aliphatic heterocycles. The van der Waals surface area contributed by atoms with Gasteiger partial charge >= 0.3 is 11.9 Å². The van der Waals surface area contributed by atoms with Crippen molar-refractivity contribution in [1.29, 1.82) is 5.26 Å². The molecule has 2 aromatic rings. The van der Waals surface area contributed by atoms with Crippen LogP contribution in [-0.2, 0) is 0 Å². The molecule has 1 aromatic carbocycles. The predicted octanol–water partition coefficient (Wildman–Crippen LogP) is 2.44. The van der Waals surface area contributed by atoms with Gasteiger partial charge in [0.05, 0.1) is 12.5 Å². The van der Waals surface area contributed by atoms with Crippen LogP contribution in [0.25, 0.3) is 11.0 Å². The number of nitrogens with two attached hydrogens (primary N) is 1. The molecule has 0 radical (unpaired) electrons. The molecule has 0 spiro atoms. The number of halogens is 3. The van der Waals surface area contributed by atoms with Gasteiger partial charge in [0.15, 0.2) is 0 Å². The summed E-state index contributed by atoms with van der Waals surface area (Å²) >= 11 is 0. The Morgan fingerprint density at radius 3 is 2.58 bits per heavy atom. The Bertz CT molecular complexity index is 821. The number of hydrogen-bond acceptors (Lipinski definition) is 6. The van der Waals surface area contributed by atoms with Crippen molar-refractivity contribution in [1.82, 2.24) is 9.88 Å². The third-order valence-electron chi connectivity index (χ3n) is 4.11. The highest BCUT2D eigenvalue weighted by Crippen LogP contribution is 2.23. The molecule has 0 unspecified atom stereocenters. The smallest absolute Gasteiger partial charge is 0.408 e. The van der Waals surface area contributed by atoms with E-state index in [-0.39, 0.29) is 6.54 Å². The molecule has 2 N–H and O–H groups in total. The van der Waals surface area contributed by atoms with Crippen LogP contribution in [0.2, 0.25) is 0 Å². The van der Waals surface area contributed by atoms with Gasteiger partial charge in [-0.1, -0.05) is 12.1 Å². The molecular weight excluding hydrogens is 349 g/mol. The lowest BCUT2D eigenvalue weighted by molar-refractivity contribution is -0.138. The number of para-hydroxylation sites is 1. The molecule has 0 bridgehead atoms. The maximum absolute atomic E-state index is 11.9. The summed E-state index contributed by atoms with van der Waals surface area (Å²) in [5.74, 6) is -0.552. The Hall–Kier alpha value is -2.44. The number of nitriles is 1. The van der Waals surface area contributed by atoms with Crippen LogP contribution in [0.3, 0.4) is 0 Å². The van der Waals surface area contributed by atoms with Gasteiger partial charge in [0.1, 0.15) is 11.1 Å². The van der Waals surface area contributed by atoms with E-state index in [9.17, 15) is 18.0 Å². The molecule has 140 valence electrons. The molecule has 1 fully saturated rings. The van der Waals surface area contributed by atoms with Crippen molar-refractivity contribution < 1.29 is 17.6 Å². The van der Waals surface area contributed by atoms with Crippen molar-refractivity contribution in [2.24, 2.45) is 5.73 Å². The van der Waals surface area contributed by atoms with Crippen LogP contribution in [0.15, 0.2) is 39.7 Å². The summed E-state index contributed by atoms with van der Waals surface area (Å²) in [4.78, 5) is 15.8. The lowest BCUT2D eigenvalue weighted by atomic mass is 9.90. The number of piperidine rings is 1. The van der Waals surface area contributed by atoms with Crippen LogP contribution < -0.4 is 11.5 Å². The van der Waals surface area contributed by atoms with Crippen LogP contribution in [0.5, 0.6) is 0 Å². The van der Waals surface area contributed by atoms with Gasteiger partial charge in [-0.2, -0.15) is 23.4 Å². The second-order valence-corrected chi connectivity index (χ2v) is 6.14. The van der Waals surface area contributed by atoms with Gasteiger partial charge < -0.3 is 15.1 Å². The van der Waals surface area contributed by atoms with E-state index < -0.39 is 23.9 Å². The van der Waals surface area contributed by atoms with Crippen molar-refractivity contribution in [3.63, 3.8) is 0 Å². The first-order chi connectivity index (χ1) is 12.2. The van der Waals surface area contributed by atoms with Crippen LogP contribution in [0, 0.1) is 11.3 Å². The summed E-state index contributed by atoms with van der Waals surface area (Å²) < 4.78 is 40.6. The summed E-state index contributed by atoms with van der Waals surface area (Å²) in [5.41, 5.74) is 5.43. The molecule has 0 amide bonds. The molecule has 9 heteroatoms. The maximum Gasteiger partial charge on any atom is 0.439 e. The van der Waals surface area contributed by atoms with Crippen LogP contribution in [-0.4, -0.2) is 41.2 Å². The van der Waals surface area contributed by atoms with Gasteiger partial charge in [0.2, 0.25) is 0 Å². The van der Waals surface area contributed by atoms with E-state index in [4.69, 9.17) is 15.4 Å². The topological polar surface area (TPSA) is 96.2 Å². The van der Waals surface area contributed by atoms with Crippen molar-refractivity contribution in [3.05, 3.63) is 41.0 Å². The van der Waals surface area contributed by atoms with Crippen molar-refractivity contribution in [3.8, 4) is 6.07 Å². The number of rotatable bonds is 2. The quantitative estimate of drug-likeness (QED) is 0.875. The second kappa shape index (κ2) is 8.29. The molecule has 2 heterocycles. The van der Waals surface area contributed by atoms with Crippen molar-refractivity contribution in [2.45, 2.75) is 31.0 Å². The van der Waals surface area contributed by atoms with E-state index in [1.54, 1.807) is 11.0 Å². The summed E-state index contributed by atoms with van der Waals surface area (Å²) in [7, 11) is 0. The summed E-state index contributed by atoms with van der Waals surface area (Å²) in [6.45, 7) is 0.950. The first-order valence-electron chi connectivity index (χ1n) is 8.05. The van der Waals surface area contributed by atoms with Crippen LogP contribution in [0.1, 0.15) is 19.3 Å². The standard InChI is InChI=1S/C9H14F3N3.C8H5NO2/c10-9(11,12)3-6-15-4-1-8(14,7-13)2-5-15;10-8-9-5-6-3-1-2-4-7(6)11-8/h1-6,14H2;1-5H. The largest absolute Gasteiger partial charge is 0.439 e. The van der Waals surface area contributed by atoms with E-state index >= 15 is 0 Å². The number of fused-ring (bicyclic) bond motifs is 1. The third kappa shape index (κ3) is 6.13. The monoisotopic (exact) mass is 368 g/mol. The zero-order valence-corrected chi connectivity index (χ0v) is 14.0. The minimum absolute atomic E-state index is 0.00497. The van der Waals surface area contributed by atoms with Crippen molar-refractivity contribution in [2.75, 3.05) is 19.6 Å². The summed E-state index contributed by atoms with van der Waals surface area (Å²) in [6, 6.07) is 9.25. The summed E-state index contributed by atoms with van der Waals surface area (Å²) in [5, 5.41) is 9.56. The van der Waals surface area contributed by atoms with Gasteiger partial charge in [-0.05, 0) is 25.0 Å². The third-order valence-corrected chi connectivity index (χ3v) is 4.11. The van der Waals surface area contributed by atoms with E-state index in [0.29, 0.717) is 31.5 Å². The minimum Gasteiger partial charge on any atom is -0.408 e. The van der Waals surface area contributed by atoms with Gasteiger partial charge in [-0.25, -0.2) is 4.79 Å². The number of aromatic nitrogens is 1. The zero-order chi connectivity index (χ0) is 19.2. The number of likely N-dealkylation sites (tertiary alicyclic amines) is 1. The molecule has 26 heavy (non-hydrogen) atoms. The number of nitrogens with zero attached hydrogens (tertiary/aromatic N) is 3. The fourth-order valence-electron chi connectivity index (χ4n) is 2.50. The molecule has 0 saturated carbocycles. The molecule has 6 nitrogen and oxygen atoms in total. The van der Waals surface area contributed by atoms with E-state index in [1.165, 1.54) is 6.20 Å². The number of benzene rings is 1. The van der Waals surface area contributed by atoms with Crippen LogP contribution in [0.4, 0.5) is 13.2 Å². The predicted molar refractivity (Wildman–Crippen MR) is 89.2 cm³/mol. The Morgan fingerprint density at radius 2 is 1.96 bits per heavy atom. The molecule has 1 aliphatic rings. The SMILES string of the molecule is N#CC1(N)CCN(CCC(F)(F)F)CC1.O=c1ncc2ccccc2o1. The highest BCUT2D eigenvalue weighted by molar-refractivity contribution is 5.74. The van der Waals surface area contributed by atoms with Gasteiger partial charge in [-0.3, -0.25) is 0 Å². The highest BCUT2D eigenvalue weighted by atomic mass is 19.4. The Kier molecular flexibility index (Phi) is 6.34. The Balaban J connectivity index is 0.000000195. The van der Waals surface area contributed by atoms with Crippen molar-refractivity contribution >= 4 is 11.0 Å². The number of hydrogen-bond donors (Lipinski definition) is 1. The molecule has 1 saturated heterocycles. The fraction of sp³-hybridized carbons (Fsp3) is 0.471. The molecule has 1 aromatic heterocycles. The average molecular weight is 368 g/mol. The maximum atomic E-state index is 11.9. The normalized spacial score (nSPS) is 17.2. The fourth-order valence-corrected chi connectivity index (χ4v) is 2.50. The zero-order valence-electron chi connectivity index (χ0n) is 14.0. The molecular formula is C17H19F3N4O2. The van der Waals surface area contributed by atoms with E-state index in [1.807, 2.05) is 24.3 Å². The van der Waals surface area contributed by atoms with Gasteiger partial charge in [-0.15, -0.1) is 0 Å². The van der Waals surface area contributed by atoms with Gasteiger partial charge in [0, 0.05) is 31.2 Å². The second-order valence-electron chi connectivity index (χ2n) is 6.14. The molecule has 3 rings (SSSR count). The average Bonchev–Trinajstić information content (AvgIpc) is 2.61. The Labute approximate surface area is 148 Å². The van der Waals surface area contributed by atoms with Gasteiger partial charge in [0.25, 0.3) is 0 Å². The van der Waals surface area contributed by atoms with E-state index in [2.05, 4.69) is 4.98 Å². The summed E-state index contributed by atoms with van der Waals surface area (Å²) in [6.07, 6.45) is -2.51. The highest BCUT2D eigenvalue weighted by Gasteiger charge is 2.33. The van der Waals surface area contributed by atoms with Crippen LogP contribution >= 0.6 is 0 Å². The molecule has 0 atom stereocenters. The minimum atomic E-state index is -4.10. The Morgan fingerprint density at radius 1 is 1.31 bits per heavy atom. The first-order valence-corrected chi connectivity index (χ1v) is 8.05. The lowest BCUT2D eigenvalue weighted by Crippen LogP contribution is -2.49.